The van der Waals surface area contributed by atoms with Crippen molar-refractivity contribution in [3.05, 3.63) is 24.0 Å². The molecule has 0 saturated carbocycles. The fourth-order valence-corrected chi connectivity index (χ4v) is 1.33. The quantitative estimate of drug-likeness (QED) is 0.732. The molecule has 0 radical (unpaired) electrons. The minimum atomic E-state index is -3.37. The molecule has 0 aliphatic heterocycles. The second-order valence-electron chi connectivity index (χ2n) is 2.26. The van der Waals surface area contributed by atoms with Crippen LogP contribution in [-0.2, 0) is 16.6 Å². The minimum Gasteiger partial charge on any atom is -0.211 e. The molecule has 1 aromatic rings. The lowest BCUT2D eigenvalue weighted by Crippen LogP contribution is -2.24. The van der Waals surface area contributed by atoms with Gasteiger partial charge >= 0.3 is 0 Å². The van der Waals surface area contributed by atoms with Gasteiger partial charge in [-0.15, -0.1) is 11.6 Å². The third-order valence-corrected chi connectivity index (χ3v) is 2.98. The van der Waals surface area contributed by atoms with Gasteiger partial charge in [-0.2, -0.15) is 10.2 Å². The lowest BCUT2D eigenvalue weighted by molar-refractivity contribution is 0.584. The third kappa shape index (κ3) is 3.67. The zero-order valence-corrected chi connectivity index (χ0v) is 8.22. The smallest absolute Gasteiger partial charge is 0.211 e. The molecule has 72 valence electrons. The highest BCUT2D eigenvalue weighted by Crippen LogP contribution is 1.93. The second kappa shape index (κ2) is 4.50. The van der Waals surface area contributed by atoms with E-state index in [1.54, 1.807) is 12.1 Å². The van der Waals surface area contributed by atoms with Crippen LogP contribution in [0.1, 0.15) is 5.69 Å². The summed E-state index contributed by atoms with van der Waals surface area (Å²) in [6, 6.07) is 3.35. The summed E-state index contributed by atoms with van der Waals surface area (Å²) >= 11 is 5.17. The highest BCUT2D eigenvalue weighted by molar-refractivity contribution is 7.90. The molecular weight excluding hydrogens is 214 g/mol. The van der Waals surface area contributed by atoms with E-state index in [1.165, 1.54) is 6.20 Å². The Labute approximate surface area is 81.2 Å². The minimum absolute atomic E-state index is 0.114. The van der Waals surface area contributed by atoms with Crippen LogP contribution in [0, 0.1) is 0 Å². The monoisotopic (exact) mass is 221 g/mol. The molecule has 0 atom stereocenters. The summed E-state index contributed by atoms with van der Waals surface area (Å²) in [6.07, 6.45) is 1.51. The predicted molar refractivity (Wildman–Crippen MR) is 48.5 cm³/mol. The fourth-order valence-electron chi connectivity index (χ4n) is 0.650. The number of nitrogens with one attached hydrogen (secondary N) is 1. The zero-order chi connectivity index (χ0) is 9.73. The summed E-state index contributed by atoms with van der Waals surface area (Å²) in [5.41, 5.74) is 0.552. The van der Waals surface area contributed by atoms with Crippen molar-refractivity contribution in [2.24, 2.45) is 0 Å². The van der Waals surface area contributed by atoms with E-state index in [0.717, 1.165) is 0 Å². The molecule has 13 heavy (non-hydrogen) atoms. The fraction of sp³-hybridized carbons (Fsp3) is 0.333. The average molecular weight is 222 g/mol. The summed E-state index contributed by atoms with van der Waals surface area (Å²) in [5, 5.41) is 6.84. The topological polar surface area (TPSA) is 72.0 Å². The zero-order valence-electron chi connectivity index (χ0n) is 6.64. The molecule has 1 aromatic heterocycles. The summed E-state index contributed by atoms with van der Waals surface area (Å²) in [5.74, 6) is 0. The number of halogens is 1. The van der Waals surface area contributed by atoms with Crippen LogP contribution >= 0.6 is 11.6 Å². The van der Waals surface area contributed by atoms with E-state index in [9.17, 15) is 8.42 Å². The van der Waals surface area contributed by atoms with Gasteiger partial charge in [0.05, 0.1) is 12.2 Å². The molecule has 7 heteroatoms. The largest absolute Gasteiger partial charge is 0.226 e. The number of nitrogens with zero attached hydrogens (tertiary/aromatic N) is 2. The average Bonchev–Trinajstić information content (AvgIpc) is 2.17. The molecule has 0 amide bonds. The first-order valence-electron chi connectivity index (χ1n) is 3.44. The van der Waals surface area contributed by atoms with Crippen LogP contribution in [0.3, 0.4) is 0 Å². The van der Waals surface area contributed by atoms with Crippen molar-refractivity contribution in [2.45, 2.75) is 6.54 Å². The number of rotatable bonds is 4. The van der Waals surface area contributed by atoms with Gasteiger partial charge in [0.25, 0.3) is 0 Å². The molecule has 0 fully saturated rings. The number of hydrogen-bond donors (Lipinski definition) is 1. The van der Waals surface area contributed by atoms with Gasteiger partial charge in [0.2, 0.25) is 10.0 Å². The first-order chi connectivity index (χ1) is 6.14. The Bertz CT molecular complexity index is 353. The Morgan fingerprint density at radius 3 is 2.85 bits per heavy atom. The van der Waals surface area contributed by atoms with Gasteiger partial charge in [0.1, 0.15) is 5.21 Å². The molecule has 0 aliphatic carbocycles. The van der Waals surface area contributed by atoms with Crippen LogP contribution in [0.25, 0.3) is 0 Å². The summed E-state index contributed by atoms with van der Waals surface area (Å²) in [4.78, 5) is 0. The molecular formula is C6H8ClN3O2S. The maximum absolute atomic E-state index is 10.9. The Morgan fingerprint density at radius 2 is 2.31 bits per heavy atom. The van der Waals surface area contributed by atoms with Crippen LogP contribution in [0.2, 0.25) is 0 Å². The van der Waals surface area contributed by atoms with Crippen molar-refractivity contribution in [1.29, 1.82) is 0 Å². The number of sulfonamides is 1. The van der Waals surface area contributed by atoms with Crippen LogP contribution in [-0.4, -0.2) is 23.8 Å². The van der Waals surface area contributed by atoms with E-state index >= 15 is 0 Å². The van der Waals surface area contributed by atoms with E-state index in [1.807, 2.05) is 0 Å². The molecule has 1 heterocycles. The summed E-state index contributed by atoms with van der Waals surface area (Å²) in [7, 11) is -3.37. The van der Waals surface area contributed by atoms with E-state index in [4.69, 9.17) is 11.6 Å². The van der Waals surface area contributed by atoms with Crippen LogP contribution in [0.5, 0.6) is 0 Å². The van der Waals surface area contributed by atoms with Crippen molar-refractivity contribution in [3.8, 4) is 0 Å². The van der Waals surface area contributed by atoms with E-state index in [-0.39, 0.29) is 6.54 Å². The van der Waals surface area contributed by atoms with E-state index < -0.39 is 15.2 Å². The summed E-state index contributed by atoms with van der Waals surface area (Å²) < 4.78 is 24.0. The SMILES string of the molecule is O=S(=O)(CCl)NCc1cccnn1. The van der Waals surface area contributed by atoms with Crippen molar-refractivity contribution < 1.29 is 8.42 Å². The third-order valence-electron chi connectivity index (χ3n) is 1.24. The van der Waals surface area contributed by atoms with Crippen molar-refractivity contribution in [2.75, 3.05) is 5.21 Å². The highest BCUT2D eigenvalue weighted by Gasteiger charge is 2.07. The van der Waals surface area contributed by atoms with Gasteiger partial charge in [-0.3, -0.25) is 0 Å². The number of hydrogen-bond acceptors (Lipinski definition) is 4. The summed E-state index contributed by atoms with van der Waals surface area (Å²) in [6.45, 7) is 0.114. The Hall–Kier alpha value is -0.720. The molecule has 0 spiro atoms. The van der Waals surface area contributed by atoms with Gasteiger partial charge < -0.3 is 0 Å². The van der Waals surface area contributed by atoms with Gasteiger partial charge in [-0.1, -0.05) is 0 Å². The van der Waals surface area contributed by atoms with Gasteiger partial charge in [-0.25, -0.2) is 13.1 Å². The first-order valence-corrected chi connectivity index (χ1v) is 5.62. The van der Waals surface area contributed by atoms with E-state index in [0.29, 0.717) is 5.69 Å². The molecule has 5 nitrogen and oxygen atoms in total. The molecule has 0 aromatic carbocycles. The van der Waals surface area contributed by atoms with Gasteiger partial charge in [0, 0.05) is 6.20 Å². The Balaban J connectivity index is 2.54. The van der Waals surface area contributed by atoms with Gasteiger partial charge in [0.15, 0.2) is 0 Å². The second-order valence-corrected chi connectivity index (χ2v) is 4.65. The number of alkyl halides is 1. The number of aromatic nitrogens is 2. The Kier molecular flexibility index (Phi) is 3.58. The van der Waals surface area contributed by atoms with Crippen molar-refractivity contribution in [1.82, 2.24) is 14.9 Å². The predicted octanol–water partition coefficient (Wildman–Crippen LogP) is 0.0923. The molecule has 1 rings (SSSR count). The molecule has 0 saturated heterocycles. The molecule has 0 aliphatic rings. The maximum atomic E-state index is 10.9. The van der Waals surface area contributed by atoms with Crippen LogP contribution in [0.4, 0.5) is 0 Å². The van der Waals surface area contributed by atoms with E-state index in [2.05, 4.69) is 14.9 Å². The van der Waals surface area contributed by atoms with Crippen LogP contribution in [0.15, 0.2) is 18.3 Å². The van der Waals surface area contributed by atoms with Crippen molar-refractivity contribution in [3.63, 3.8) is 0 Å². The lowest BCUT2D eigenvalue weighted by atomic mass is 10.4. The Morgan fingerprint density at radius 1 is 1.54 bits per heavy atom. The lowest BCUT2D eigenvalue weighted by Gasteiger charge is -2.01. The van der Waals surface area contributed by atoms with Gasteiger partial charge in [-0.05, 0) is 12.1 Å². The normalized spacial score (nSPS) is 11.5. The maximum Gasteiger partial charge on any atom is 0.226 e. The van der Waals surface area contributed by atoms with Crippen LogP contribution < -0.4 is 4.72 Å². The highest BCUT2D eigenvalue weighted by atomic mass is 35.5. The first kappa shape index (κ1) is 10.4. The molecule has 1 N–H and O–H groups in total. The van der Waals surface area contributed by atoms with Crippen molar-refractivity contribution >= 4 is 21.6 Å². The standard InChI is InChI=1S/C6H8ClN3O2S/c7-5-13(11,12)9-4-6-2-1-3-8-10-6/h1-3,9H,4-5H2. The molecule has 0 bridgehead atoms. The molecule has 0 unspecified atom stereocenters.